The third-order valence-electron chi connectivity index (χ3n) is 9.24. The lowest BCUT2D eigenvalue weighted by atomic mass is 10.0. The number of anilines is 2. The Hall–Kier alpha value is -1.10. The van der Waals surface area contributed by atoms with Gasteiger partial charge in [0.2, 0.25) is 17.2 Å². The van der Waals surface area contributed by atoms with Crippen molar-refractivity contribution in [1.29, 1.82) is 0 Å². The highest BCUT2D eigenvalue weighted by atomic mass is 35.5. The van der Waals surface area contributed by atoms with E-state index in [-0.39, 0.29) is 5.28 Å². The molecule has 0 aliphatic heterocycles. The van der Waals surface area contributed by atoms with Crippen LogP contribution in [0.2, 0.25) is 5.28 Å². The second-order valence-electron chi connectivity index (χ2n) is 13.7. The number of rotatable bonds is 36. The monoisotopic (exact) mass is 650 g/mol. The Morgan fingerprint density at radius 1 is 0.333 bits per heavy atom. The molecule has 1 aromatic rings. The van der Waals surface area contributed by atoms with E-state index in [2.05, 4.69) is 39.4 Å². The SMILES string of the molecule is CCCCCCCCCCCCCCCCCCNc1nc(Cl)nc(NCCCCCCCCCCCCCCCCCC)n1. The van der Waals surface area contributed by atoms with Gasteiger partial charge < -0.3 is 10.6 Å². The average Bonchev–Trinajstić information content (AvgIpc) is 3.03. The lowest BCUT2D eigenvalue weighted by Crippen LogP contribution is -2.11. The summed E-state index contributed by atoms with van der Waals surface area (Å²) >= 11 is 6.17. The van der Waals surface area contributed by atoms with E-state index in [9.17, 15) is 0 Å². The van der Waals surface area contributed by atoms with Gasteiger partial charge in [-0.2, -0.15) is 15.0 Å². The molecule has 0 amide bonds. The number of hydrogen-bond acceptors (Lipinski definition) is 5. The summed E-state index contributed by atoms with van der Waals surface area (Å²) in [5.74, 6) is 1.18. The topological polar surface area (TPSA) is 62.7 Å². The van der Waals surface area contributed by atoms with Crippen LogP contribution in [0.1, 0.15) is 219 Å². The lowest BCUT2D eigenvalue weighted by Gasteiger charge is -2.09. The van der Waals surface area contributed by atoms with Gasteiger partial charge in [0.05, 0.1) is 0 Å². The molecule has 0 unspecified atom stereocenters. The fourth-order valence-corrected chi connectivity index (χ4v) is 6.41. The van der Waals surface area contributed by atoms with Crippen LogP contribution in [-0.2, 0) is 0 Å². The van der Waals surface area contributed by atoms with Crippen LogP contribution in [0, 0.1) is 0 Å². The van der Waals surface area contributed by atoms with E-state index in [0.717, 1.165) is 25.9 Å². The fraction of sp³-hybridized carbons (Fsp3) is 0.923. The number of unbranched alkanes of at least 4 members (excludes halogenated alkanes) is 30. The highest BCUT2D eigenvalue weighted by Crippen LogP contribution is 2.16. The third kappa shape index (κ3) is 30.0. The van der Waals surface area contributed by atoms with Gasteiger partial charge in [0, 0.05) is 13.1 Å². The number of nitrogens with one attached hydrogen (secondary N) is 2. The van der Waals surface area contributed by atoms with Gasteiger partial charge in [0.25, 0.3) is 0 Å². The summed E-state index contributed by atoms with van der Waals surface area (Å²) < 4.78 is 0. The quantitative estimate of drug-likeness (QED) is 0.0708. The van der Waals surface area contributed by atoms with Crippen molar-refractivity contribution in [3.8, 4) is 0 Å². The van der Waals surface area contributed by atoms with Crippen molar-refractivity contribution in [1.82, 2.24) is 15.0 Å². The van der Waals surface area contributed by atoms with Crippen molar-refractivity contribution in [2.75, 3.05) is 23.7 Å². The molecule has 0 aromatic carbocycles. The van der Waals surface area contributed by atoms with Gasteiger partial charge in [-0.15, -0.1) is 0 Å². The summed E-state index contributed by atoms with van der Waals surface area (Å²) in [5.41, 5.74) is 0. The summed E-state index contributed by atoms with van der Waals surface area (Å²) in [7, 11) is 0. The smallest absolute Gasteiger partial charge is 0.228 e. The predicted molar refractivity (Wildman–Crippen MR) is 201 cm³/mol. The molecule has 264 valence electrons. The summed E-state index contributed by atoms with van der Waals surface area (Å²) in [6, 6.07) is 0. The largest absolute Gasteiger partial charge is 0.354 e. The Morgan fingerprint density at radius 3 is 0.800 bits per heavy atom. The summed E-state index contributed by atoms with van der Waals surface area (Å²) in [4.78, 5) is 13.1. The molecule has 0 radical (unpaired) electrons. The Labute approximate surface area is 286 Å². The van der Waals surface area contributed by atoms with E-state index >= 15 is 0 Å². The van der Waals surface area contributed by atoms with Gasteiger partial charge in [-0.1, -0.05) is 206 Å². The van der Waals surface area contributed by atoms with Crippen LogP contribution in [0.25, 0.3) is 0 Å². The first kappa shape index (κ1) is 41.9. The van der Waals surface area contributed by atoms with E-state index in [4.69, 9.17) is 11.6 Å². The third-order valence-corrected chi connectivity index (χ3v) is 9.40. The number of nitrogens with zero attached hydrogens (tertiary/aromatic N) is 3. The van der Waals surface area contributed by atoms with Gasteiger partial charge in [0.1, 0.15) is 0 Å². The van der Waals surface area contributed by atoms with E-state index < -0.39 is 0 Å². The van der Waals surface area contributed by atoms with Gasteiger partial charge in [-0.05, 0) is 24.4 Å². The molecular formula is C39H76ClN5. The predicted octanol–water partition coefficient (Wildman–Crippen LogP) is 13.9. The zero-order valence-corrected chi connectivity index (χ0v) is 31.0. The van der Waals surface area contributed by atoms with Crippen LogP contribution in [0.3, 0.4) is 0 Å². The van der Waals surface area contributed by atoms with Gasteiger partial charge in [-0.3, -0.25) is 0 Å². The minimum Gasteiger partial charge on any atom is -0.354 e. The molecule has 6 heteroatoms. The lowest BCUT2D eigenvalue weighted by molar-refractivity contribution is 0.530. The summed E-state index contributed by atoms with van der Waals surface area (Å²) in [6.45, 7) is 6.36. The zero-order valence-electron chi connectivity index (χ0n) is 30.3. The minimum absolute atomic E-state index is 0.258. The van der Waals surface area contributed by atoms with Crippen LogP contribution in [0.15, 0.2) is 0 Å². The van der Waals surface area contributed by atoms with E-state index in [1.165, 1.54) is 193 Å². The molecule has 0 bridgehead atoms. The fourth-order valence-electron chi connectivity index (χ4n) is 6.25. The molecule has 1 heterocycles. The van der Waals surface area contributed by atoms with Crippen molar-refractivity contribution >= 4 is 23.5 Å². The molecule has 0 saturated heterocycles. The average molecular weight is 651 g/mol. The van der Waals surface area contributed by atoms with Crippen molar-refractivity contribution in [3.63, 3.8) is 0 Å². The van der Waals surface area contributed by atoms with Crippen molar-refractivity contribution in [2.45, 2.75) is 219 Å². The Morgan fingerprint density at radius 2 is 0.556 bits per heavy atom. The highest BCUT2D eigenvalue weighted by molar-refractivity contribution is 6.28. The molecule has 0 aliphatic rings. The van der Waals surface area contributed by atoms with Crippen LogP contribution < -0.4 is 10.6 Å². The van der Waals surface area contributed by atoms with Crippen LogP contribution >= 0.6 is 11.6 Å². The normalized spacial score (nSPS) is 11.4. The van der Waals surface area contributed by atoms with Gasteiger partial charge in [0.15, 0.2) is 0 Å². The molecule has 1 rings (SSSR count). The summed E-state index contributed by atoms with van der Waals surface area (Å²) in [5, 5.41) is 6.95. The van der Waals surface area contributed by atoms with E-state index in [1.54, 1.807) is 0 Å². The number of hydrogen-bond donors (Lipinski definition) is 2. The standard InChI is InChI=1S/C39H76ClN5/c1-3-5-7-9-11-13-15-17-19-21-23-25-27-29-31-33-35-41-38-43-37(40)44-39(45-38)42-36-34-32-30-28-26-24-22-20-18-16-14-12-10-8-6-4-2/h3-36H2,1-2H3,(H2,41,42,43,44,45). The number of aromatic nitrogens is 3. The molecule has 2 N–H and O–H groups in total. The maximum atomic E-state index is 6.17. The van der Waals surface area contributed by atoms with Crippen LogP contribution in [0.4, 0.5) is 11.9 Å². The Bertz CT molecular complexity index is 675. The highest BCUT2D eigenvalue weighted by Gasteiger charge is 2.05. The van der Waals surface area contributed by atoms with Crippen molar-refractivity contribution < 1.29 is 0 Å². The molecule has 5 nitrogen and oxygen atoms in total. The first-order valence-electron chi connectivity index (χ1n) is 20.2. The second kappa shape index (κ2) is 34.2. The zero-order chi connectivity index (χ0) is 32.3. The van der Waals surface area contributed by atoms with Gasteiger partial charge in [-0.25, -0.2) is 0 Å². The molecule has 0 aliphatic carbocycles. The summed E-state index contributed by atoms with van der Waals surface area (Å²) in [6.07, 6.45) is 44.4. The minimum atomic E-state index is 0.258. The first-order valence-corrected chi connectivity index (χ1v) is 20.5. The Balaban J connectivity index is 1.89. The second-order valence-corrected chi connectivity index (χ2v) is 14.0. The van der Waals surface area contributed by atoms with Crippen LogP contribution in [0.5, 0.6) is 0 Å². The molecule has 0 fully saturated rings. The van der Waals surface area contributed by atoms with E-state index in [0.29, 0.717) is 11.9 Å². The van der Waals surface area contributed by atoms with Crippen LogP contribution in [-0.4, -0.2) is 28.0 Å². The molecule has 0 atom stereocenters. The molecule has 45 heavy (non-hydrogen) atoms. The maximum absolute atomic E-state index is 6.17. The van der Waals surface area contributed by atoms with Gasteiger partial charge >= 0.3 is 0 Å². The number of halogens is 1. The van der Waals surface area contributed by atoms with Crippen molar-refractivity contribution in [3.05, 3.63) is 5.28 Å². The van der Waals surface area contributed by atoms with E-state index in [1.807, 2.05) is 0 Å². The maximum Gasteiger partial charge on any atom is 0.228 e. The van der Waals surface area contributed by atoms with Crippen molar-refractivity contribution in [2.24, 2.45) is 0 Å². The molecule has 0 spiro atoms. The molecular weight excluding hydrogens is 574 g/mol. The molecule has 0 saturated carbocycles. The molecule has 1 aromatic heterocycles. The first-order chi connectivity index (χ1) is 22.3. The Kier molecular flexibility index (Phi) is 31.9.